The van der Waals surface area contributed by atoms with Gasteiger partial charge >= 0.3 is 0 Å². The van der Waals surface area contributed by atoms with Crippen molar-refractivity contribution in [2.24, 2.45) is 0 Å². The molecule has 0 bridgehead atoms. The Bertz CT molecular complexity index is 2320. The number of nitrogens with zero attached hydrogens (tertiary/aromatic N) is 5. The summed E-state index contributed by atoms with van der Waals surface area (Å²) in [6.45, 7) is 0. The third kappa shape index (κ3) is 5.67. The molecule has 0 unspecified atom stereocenters. The number of aromatic hydroxyl groups is 2. The number of para-hydroxylation sites is 3. The first-order chi connectivity index (χ1) is 23.0. The van der Waals surface area contributed by atoms with Gasteiger partial charge in [-0.15, -0.1) is 16.4 Å². The summed E-state index contributed by atoms with van der Waals surface area (Å²) >= 11 is 1.54. The van der Waals surface area contributed by atoms with Crippen LogP contribution < -0.4 is 4.74 Å². The Balaban J connectivity index is 1.21. The first kappa shape index (κ1) is 29.1. The van der Waals surface area contributed by atoms with Gasteiger partial charge in [-0.25, -0.2) is 9.67 Å². The fourth-order valence-electron chi connectivity index (χ4n) is 5.23. The zero-order chi connectivity index (χ0) is 32.3. The normalized spacial score (nSPS) is 12.1. The summed E-state index contributed by atoms with van der Waals surface area (Å²) in [7, 11) is 0. The van der Waals surface area contributed by atoms with Crippen molar-refractivity contribution in [3.63, 3.8) is 0 Å². The van der Waals surface area contributed by atoms with E-state index in [2.05, 4.69) is 0 Å². The van der Waals surface area contributed by atoms with Gasteiger partial charge in [0.2, 0.25) is 0 Å². The fraction of sp³-hybridized carbons (Fsp3) is 0. The molecule has 1 aliphatic heterocycles. The predicted molar refractivity (Wildman–Crippen MR) is 181 cm³/mol. The van der Waals surface area contributed by atoms with Crippen LogP contribution >= 0.6 is 11.3 Å². The van der Waals surface area contributed by atoms with E-state index in [1.165, 1.54) is 0 Å². The molecule has 1 aliphatic rings. The first-order valence-electron chi connectivity index (χ1n) is 14.5. The summed E-state index contributed by atoms with van der Waals surface area (Å²) in [5, 5.41) is 45.3. The Morgan fingerprint density at radius 3 is 2.28 bits per heavy atom. The lowest BCUT2D eigenvalue weighted by atomic mass is 9.97. The molecule has 0 aliphatic carbocycles. The molecule has 224 valence electrons. The lowest BCUT2D eigenvalue weighted by Gasteiger charge is -2.18. The molecule has 8 nitrogen and oxygen atoms in total. The van der Waals surface area contributed by atoms with Crippen molar-refractivity contribution >= 4 is 23.0 Å². The second-order valence-electron chi connectivity index (χ2n) is 10.4. The Kier molecular flexibility index (Phi) is 7.65. The van der Waals surface area contributed by atoms with E-state index in [9.17, 15) is 20.7 Å². The zero-order valence-corrected chi connectivity index (χ0v) is 25.4. The number of rotatable bonds is 6. The van der Waals surface area contributed by atoms with Crippen LogP contribution in [0.15, 0.2) is 133 Å². The topological polar surface area (TPSA) is 128 Å². The van der Waals surface area contributed by atoms with Crippen LogP contribution in [0.5, 0.6) is 17.2 Å². The minimum Gasteiger partial charge on any atom is -0.507 e. The summed E-state index contributed by atoms with van der Waals surface area (Å²) in [5.74, 6) is 1.92. The molecule has 0 saturated carbocycles. The van der Waals surface area contributed by atoms with E-state index < -0.39 is 0 Å². The number of benzene rings is 4. The molecule has 2 N–H and O–H groups in total. The zero-order valence-electron chi connectivity index (χ0n) is 24.6. The van der Waals surface area contributed by atoms with Crippen LogP contribution in [-0.2, 0) is 0 Å². The van der Waals surface area contributed by atoms with Crippen LogP contribution in [0, 0.1) is 22.7 Å². The number of ether oxygens (including phenoxy) is 1. The summed E-state index contributed by atoms with van der Waals surface area (Å²) in [5.41, 5.74) is 3.82. The number of fused-ring (bicyclic) bond motifs is 1. The SMILES string of the molecule is N#CC(C#N)=C1C=C(/C=C/c2ccc(-c3ccc(O)c(-c4nc(-c5ccccc5O)n(-c5ccccc5)n4)c3)s2)Oc2ccccc21. The smallest absolute Gasteiger partial charge is 0.185 e. The lowest BCUT2D eigenvalue weighted by molar-refractivity contribution is 0.439. The van der Waals surface area contributed by atoms with Gasteiger partial charge in [-0.1, -0.05) is 48.5 Å². The van der Waals surface area contributed by atoms with Gasteiger partial charge in [-0.05, 0) is 84.5 Å². The maximum Gasteiger partial charge on any atom is 0.185 e. The first-order valence-corrected chi connectivity index (χ1v) is 15.3. The molecular weight excluding hydrogens is 607 g/mol. The average Bonchev–Trinajstić information content (AvgIpc) is 3.77. The molecule has 0 amide bonds. The molecule has 0 spiro atoms. The Morgan fingerprint density at radius 2 is 1.49 bits per heavy atom. The van der Waals surface area contributed by atoms with E-state index in [1.807, 2.05) is 97.1 Å². The van der Waals surface area contributed by atoms with Gasteiger partial charge in [-0.3, -0.25) is 0 Å². The van der Waals surface area contributed by atoms with Crippen molar-refractivity contribution in [3.8, 4) is 68.3 Å². The molecule has 0 radical (unpaired) electrons. The van der Waals surface area contributed by atoms with Gasteiger partial charge in [0, 0.05) is 20.9 Å². The van der Waals surface area contributed by atoms with Crippen molar-refractivity contribution in [1.29, 1.82) is 10.5 Å². The highest BCUT2D eigenvalue weighted by atomic mass is 32.1. The summed E-state index contributed by atoms with van der Waals surface area (Å²) in [4.78, 5) is 6.67. The maximum atomic E-state index is 10.9. The Hall–Kier alpha value is -6.68. The molecule has 4 aromatic carbocycles. The summed E-state index contributed by atoms with van der Waals surface area (Å²) in [6, 6.07) is 37.0. The van der Waals surface area contributed by atoms with Gasteiger partial charge in [-0.2, -0.15) is 10.5 Å². The standard InChI is InChI=1S/C38H23N5O3S/c39-22-25(23-40)31-21-27(46-35-13-7-5-10-29(31)35)15-16-28-17-19-36(47-28)24-14-18-34(45)32(20-24)37-41-38(30-11-4-6-12-33(30)44)43(42-37)26-8-2-1-3-9-26/h1-21,44-45H/b16-15+. The molecule has 3 heterocycles. The van der Waals surface area contributed by atoms with Crippen molar-refractivity contribution in [2.45, 2.75) is 0 Å². The van der Waals surface area contributed by atoms with E-state index in [4.69, 9.17) is 14.8 Å². The lowest BCUT2D eigenvalue weighted by Crippen LogP contribution is -2.03. The minimum atomic E-state index is 0.0176. The van der Waals surface area contributed by atoms with E-state index >= 15 is 0 Å². The Morgan fingerprint density at radius 1 is 0.766 bits per heavy atom. The highest BCUT2D eigenvalue weighted by Crippen LogP contribution is 2.39. The van der Waals surface area contributed by atoms with Crippen LogP contribution in [0.1, 0.15) is 10.4 Å². The number of aromatic nitrogens is 3. The molecule has 47 heavy (non-hydrogen) atoms. The van der Waals surface area contributed by atoms with Gasteiger partial charge in [0.25, 0.3) is 0 Å². The molecule has 7 rings (SSSR count). The van der Waals surface area contributed by atoms with Crippen LogP contribution in [0.2, 0.25) is 0 Å². The van der Waals surface area contributed by atoms with Gasteiger partial charge < -0.3 is 14.9 Å². The third-order valence-corrected chi connectivity index (χ3v) is 8.60. The second-order valence-corrected chi connectivity index (χ2v) is 11.6. The number of hydrogen-bond acceptors (Lipinski definition) is 8. The molecule has 0 saturated heterocycles. The van der Waals surface area contributed by atoms with Crippen LogP contribution in [0.4, 0.5) is 0 Å². The van der Waals surface area contributed by atoms with Crippen molar-refractivity contribution in [3.05, 3.63) is 143 Å². The van der Waals surface area contributed by atoms with Crippen molar-refractivity contribution in [1.82, 2.24) is 14.8 Å². The molecule has 9 heteroatoms. The van der Waals surface area contributed by atoms with Crippen molar-refractivity contribution < 1.29 is 14.9 Å². The van der Waals surface area contributed by atoms with Gasteiger partial charge in [0.05, 0.1) is 16.8 Å². The minimum absolute atomic E-state index is 0.0176. The molecular formula is C38H23N5O3S. The monoisotopic (exact) mass is 629 g/mol. The van der Waals surface area contributed by atoms with Gasteiger partial charge in [0.15, 0.2) is 11.6 Å². The van der Waals surface area contributed by atoms with E-state index in [0.717, 1.165) is 21.0 Å². The van der Waals surface area contributed by atoms with E-state index in [0.29, 0.717) is 45.4 Å². The number of thiophene rings is 1. The van der Waals surface area contributed by atoms with Crippen LogP contribution in [-0.4, -0.2) is 25.0 Å². The highest BCUT2D eigenvalue weighted by Gasteiger charge is 2.21. The summed E-state index contributed by atoms with van der Waals surface area (Å²) < 4.78 is 7.70. The van der Waals surface area contributed by atoms with Crippen LogP contribution in [0.3, 0.4) is 0 Å². The van der Waals surface area contributed by atoms with Crippen LogP contribution in [0.25, 0.3) is 50.6 Å². The summed E-state index contributed by atoms with van der Waals surface area (Å²) in [6.07, 6.45) is 5.42. The number of phenols is 2. The predicted octanol–water partition coefficient (Wildman–Crippen LogP) is 8.53. The largest absolute Gasteiger partial charge is 0.507 e. The molecule has 0 atom stereocenters. The molecule has 6 aromatic rings. The number of phenolic OH excluding ortho intramolecular Hbond substituents is 2. The third-order valence-electron chi connectivity index (χ3n) is 7.50. The fourth-order valence-corrected chi connectivity index (χ4v) is 6.14. The van der Waals surface area contributed by atoms with Gasteiger partial charge in [0.1, 0.15) is 40.7 Å². The maximum absolute atomic E-state index is 10.9. The number of allylic oxidation sites excluding steroid dienone is 4. The van der Waals surface area contributed by atoms with E-state index in [1.54, 1.807) is 58.5 Å². The second kappa shape index (κ2) is 12.4. The molecule has 0 fully saturated rings. The molecule has 2 aromatic heterocycles. The number of nitriles is 2. The van der Waals surface area contributed by atoms with E-state index in [-0.39, 0.29) is 17.1 Å². The quantitative estimate of drug-likeness (QED) is 0.177. The van der Waals surface area contributed by atoms with Crippen molar-refractivity contribution in [2.75, 3.05) is 0 Å². The Labute approximate surface area is 274 Å². The number of hydrogen-bond donors (Lipinski definition) is 2. The average molecular weight is 630 g/mol. The highest BCUT2D eigenvalue weighted by molar-refractivity contribution is 7.16.